The number of primary amides is 1. The summed E-state index contributed by atoms with van der Waals surface area (Å²) < 4.78 is 0. The fraction of sp³-hybridized carbons (Fsp3) is 0.500. The average molecular weight is 386 g/mol. The molecule has 0 spiro atoms. The second-order valence-corrected chi connectivity index (χ2v) is 7.36. The van der Waals surface area contributed by atoms with Crippen LogP contribution in [0.2, 0.25) is 0 Å². The first-order valence-corrected chi connectivity index (χ1v) is 9.66. The molecule has 2 heterocycles. The van der Waals surface area contributed by atoms with Gasteiger partial charge in [0, 0.05) is 49.8 Å². The van der Waals surface area contributed by atoms with Crippen LogP contribution in [0.3, 0.4) is 0 Å². The molecule has 0 saturated carbocycles. The Hall–Kier alpha value is -2.90. The van der Waals surface area contributed by atoms with Crippen LogP contribution in [0.4, 0.5) is 0 Å². The van der Waals surface area contributed by atoms with Crippen LogP contribution in [-0.2, 0) is 9.59 Å². The van der Waals surface area contributed by atoms with Gasteiger partial charge in [-0.05, 0) is 38.0 Å². The molecule has 0 aliphatic carbocycles. The number of rotatable bonds is 5. The van der Waals surface area contributed by atoms with E-state index in [9.17, 15) is 19.2 Å². The van der Waals surface area contributed by atoms with Gasteiger partial charge in [-0.1, -0.05) is 6.07 Å². The van der Waals surface area contributed by atoms with Gasteiger partial charge in [-0.2, -0.15) is 0 Å². The number of nitrogens with two attached hydrogens (primary N) is 1. The molecule has 8 heteroatoms. The summed E-state index contributed by atoms with van der Waals surface area (Å²) in [5, 5.41) is 2.93. The van der Waals surface area contributed by atoms with Crippen LogP contribution in [0, 0.1) is 5.92 Å². The van der Waals surface area contributed by atoms with Gasteiger partial charge in [-0.15, -0.1) is 0 Å². The summed E-state index contributed by atoms with van der Waals surface area (Å²) in [7, 11) is 0. The van der Waals surface area contributed by atoms with Crippen LogP contribution < -0.4 is 11.1 Å². The quantitative estimate of drug-likeness (QED) is 0.761. The number of hydrogen-bond donors (Lipinski definition) is 2. The molecule has 2 aliphatic rings. The molecule has 3 rings (SSSR count). The fourth-order valence-corrected chi connectivity index (χ4v) is 3.84. The molecule has 3 N–H and O–H groups in total. The highest BCUT2D eigenvalue weighted by Crippen LogP contribution is 2.22. The van der Waals surface area contributed by atoms with Crippen LogP contribution in [0.15, 0.2) is 24.3 Å². The first-order chi connectivity index (χ1) is 13.4. The van der Waals surface area contributed by atoms with E-state index in [1.165, 1.54) is 6.07 Å². The highest BCUT2D eigenvalue weighted by atomic mass is 16.2. The van der Waals surface area contributed by atoms with Crippen LogP contribution in [0.1, 0.15) is 46.9 Å². The van der Waals surface area contributed by atoms with Crippen LogP contribution in [-0.4, -0.2) is 65.6 Å². The molecule has 2 fully saturated rings. The normalized spacial score (nSPS) is 22.2. The van der Waals surface area contributed by atoms with Crippen molar-refractivity contribution in [1.82, 2.24) is 15.1 Å². The number of carbonyl (C=O) groups excluding carboxylic acids is 4. The van der Waals surface area contributed by atoms with Crippen molar-refractivity contribution in [1.29, 1.82) is 0 Å². The first kappa shape index (κ1) is 19.9. The zero-order chi connectivity index (χ0) is 20.3. The molecular formula is C20H26N4O4. The van der Waals surface area contributed by atoms with E-state index in [2.05, 4.69) is 5.32 Å². The van der Waals surface area contributed by atoms with Gasteiger partial charge in [-0.3, -0.25) is 19.2 Å². The number of likely N-dealkylation sites (tertiary alicyclic amines) is 2. The molecule has 28 heavy (non-hydrogen) atoms. The second kappa shape index (κ2) is 8.41. The Bertz CT molecular complexity index is 794. The maximum Gasteiger partial charge on any atom is 0.251 e. The second-order valence-electron chi connectivity index (χ2n) is 7.36. The maximum atomic E-state index is 12.8. The van der Waals surface area contributed by atoms with Crippen molar-refractivity contribution in [2.45, 2.75) is 32.2 Å². The van der Waals surface area contributed by atoms with Crippen molar-refractivity contribution in [3.63, 3.8) is 0 Å². The van der Waals surface area contributed by atoms with Crippen molar-refractivity contribution in [2.24, 2.45) is 11.7 Å². The minimum absolute atomic E-state index is 0.0541. The van der Waals surface area contributed by atoms with E-state index >= 15 is 0 Å². The van der Waals surface area contributed by atoms with Gasteiger partial charge < -0.3 is 20.9 Å². The summed E-state index contributed by atoms with van der Waals surface area (Å²) in [6.07, 6.45) is 1.67. The van der Waals surface area contributed by atoms with E-state index in [1.807, 2.05) is 6.92 Å². The fourth-order valence-electron chi connectivity index (χ4n) is 3.84. The summed E-state index contributed by atoms with van der Waals surface area (Å²) in [5.74, 6) is -0.878. The molecule has 4 amide bonds. The molecular weight excluding hydrogens is 360 g/mol. The van der Waals surface area contributed by atoms with E-state index in [1.54, 1.807) is 28.0 Å². The standard InChI is InChI=1S/C20H26N4O4/c1-2-23-11-15(6-7-17(23)25)20(28)24-9-8-16(12-24)22-19(27)14-5-3-4-13(10-14)18(21)26/h3-5,10,15-16H,2,6-9,11-12H2,1H3,(H2,21,26)(H,22,27). The highest BCUT2D eigenvalue weighted by Gasteiger charge is 2.35. The van der Waals surface area contributed by atoms with Crippen molar-refractivity contribution in [3.8, 4) is 0 Å². The first-order valence-electron chi connectivity index (χ1n) is 9.66. The molecule has 1 aromatic rings. The smallest absolute Gasteiger partial charge is 0.251 e. The molecule has 2 atom stereocenters. The largest absolute Gasteiger partial charge is 0.366 e. The molecule has 0 radical (unpaired) electrons. The lowest BCUT2D eigenvalue weighted by Gasteiger charge is -2.33. The lowest BCUT2D eigenvalue weighted by atomic mass is 9.96. The molecule has 150 valence electrons. The van der Waals surface area contributed by atoms with E-state index in [0.717, 1.165) is 0 Å². The van der Waals surface area contributed by atoms with Gasteiger partial charge in [0.15, 0.2) is 0 Å². The SMILES string of the molecule is CCN1CC(C(=O)N2CCC(NC(=O)c3cccc(C(N)=O)c3)C2)CCC1=O. The minimum Gasteiger partial charge on any atom is -0.366 e. The maximum absolute atomic E-state index is 12.8. The number of piperidine rings is 1. The Kier molecular flexibility index (Phi) is 5.96. The molecule has 2 unspecified atom stereocenters. The number of amides is 4. The molecule has 2 aliphatic heterocycles. The Morgan fingerprint density at radius 1 is 1.18 bits per heavy atom. The number of hydrogen-bond acceptors (Lipinski definition) is 4. The summed E-state index contributed by atoms with van der Waals surface area (Å²) in [4.78, 5) is 51.9. The number of carbonyl (C=O) groups is 4. The summed E-state index contributed by atoms with van der Waals surface area (Å²) in [5.41, 5.74) is 5.90. The average Bonchev–Trinajstić information content (AvgIpc) is 3.16. The van der Waals surface area contributed by atoms with Gasteiger partial charge in [0.25, 0.3) is 5.91 Å². The zero-order valence-corrected chi connectivity index (χ0v) is 16.0. The van der Waals surface area contributed by atoms with Crippen LogP contribution in [0.25, 0.3) is 0 Å². The molecule has 2 saturated heterocycles. The van der Waals surface area contributed by atoms with E-state index in [-0.39, 0.29) is 35.2 Å². The summed E-state index contributed by atoms with van der Waals surface area (Å²) in [6.45, 7) is 4.05. The van der Waals surface area contributed by atoms with Crippen molar-refractivity contribution in [3.05, 3.63) is 35.4 Å². The number of benzene rings is 1. The Morgan fingerprint density at radius 3 is 2.64 bits per heavy atom. The Balaban J connectivity index is 1.56. The highest BCUT2D eigenvalue weighted by molar-refractivity contribution is 5.99. The van der Waals surface area contributed by atoms with Crippen molar-refractivity contribution in [2.75, 3.05) is 26.2 Å². The molecule has 0 aromatic heterocycles. The van der Waals surface area contributed by atoms with Gasteiger partial charge in [0.1, 0.15) is 0 Å². The molecule has 1 aromatic carbocycles. The Labute approximate surface area is 164 Å². The van der Waals surface area contributed by atoms with Gasteiger partial charge >= 0.3 is 0 Å². The Morgan fingerprint density at radius 2 is 1.93 bits per heavy atom. The predicted molar refractivity (Wildman–Crippen MR) is 102 cm³/mol. The van der Waals surface area contributed by atoms with E-state index < -0.39 is 5.91 Å². The zero-order valence-electron chi connectivity index (χ0n) is 16.0. The van der Waals surface area contributed by atoms with Gasteiger partial charge in [0.05, 0.1) is 5.92 Å². The topological polar surface area (TPSA) is 113 Å². The van der Waals surface area contributed by atoms with Crippen LogP contribution >= 0.6 is 0 Å². The molecule has 0 bridgehead atoms. The lowest BCUT2D eigenvalue weighted by Crippen LogP contribution is -2.47. The number of nitrogens with zero attached hydrogens (tertiary/aromatic N) is 2. The van der Waals surface area contributed by atoms with E-state index in [0.29, 0.717) is 51.0 Å². The third-order valence-corrected chi connectivity index (χ3v) is 5.48. The monoisotopic (exact) mass is 386 g/mol. The van der Waals surface area contributed by atoms with Crippen molar-refractivity contribution < 1.29 is 19.2 Å². The van der Waals surface area contributed by atoms with Crippen molar-refractivity contribution >= 4 is 23.6 Å². The third kappa shape index (κ3) is 4.32. The summed E-state index contributed by atoms with van der Waals surface area (Å²) >= 11 is 0. The minimum atomic E-state index is -0.584. The third-order valence-electron chi connectivity index (χ3n) is 5.48. The predicted octanol–water partition coefficient (Wildman–Crippen LogP) is 0.375. The van der Waals surface area contributed by atoms with E-state index in [4.69, 9.17) is 5.73 Å². The lowest BCUT2D eigenvalue weighted by molar-refractivity contribution is -0.142. The molecule has 8 nitrogen and oxygen atoms in total. The summed E-state index contributed by atoms with van der Waals surface area (Å²) in [6, 6.07) is 6.12. The van der Waals surface area contributed by atoms with Gasteiger partial charge in [0.2, 0.25) is 17.7 Å². The number of nitrogens with one attached hydrogen (secondary N) is 1. The van der Waals surface area contributed by atoms with Crippen LogP contribution in [0.5, 0.6) is 0 Å². The van der Waals surface area contributed by atoms with Gasteiger partial charge in [-0.25, -0.2) is 0 Å².